The molecule has 49 heavy (non-hydrogen) atoms. The van der Waals surface area contributed by atoms with E-state index in [1.54, 1.807) is 44.2 Å². The zero-order valence-electron chi connectivity index (χ0n) is 27.9. The van der Waals surface area contributed by atoms with Crippen molar-refractivity contribution >= 4 is 40.2 Å². The Balaban J connectivity index is 1.11. The van der Waals surface area contributed by atoms with E-state index in [1.165, 1.54) is 0 Å². The number of rotatable bonds is 8. The van der Waals surface area contributed by atoms with E-state index in [9.17, 15) is 24.0 Å². The molecule has 4 aromatic rings. The van der Waals surface area contributed by atoms with Gasteiger partial charge in [0.05, 0.1) is 36.3 Å². The normalized spacial score (nSPS) is 18.1. The van der Waals surface area contributed by atoms with E-state index in [0.29, 0.717) is 36.5 Å². The highest BCUT2D eigenvalue weighted by atomic mass is 16.5. The number of likely N-dealkylation sites (tertiary alicyclic amines) is 1. The number of piperidine rings is 1. The van der Waals surface area contributed by atoms with Crippen molar-refractivity contribution in [3.63, 3.8) is 0 Å². The third-order valence-electron chi connectivity index (χ3n) is 9.70. The van der Waals surface area contributed by atoms with Gasteiger partial charge >= 0.3 is 0 Å². The molecule has 4 amide bonds. The first-order valence-corrected chi connectivity index (χ1v) is 16.0. The van der Waals surface area contributed by atoms with Crippen LogP contribution in [0.15, 0.2) is 53.6 Å². The summed E-state index contributed by atoms with van der Waals surface area (Å²) in [5.74, 6) is 0.102. The van der Waals surface area contributed by atoms with E-state index >= 15 is 0 Å². The Kier molecular flexibility index (Phi) is 7.94. The maximum Gasteiger partial charge on any atom is 0.262 e. The minimum Gasteiger partial charge on any atom is -0.496 e. The lowest BCUT2D eigenvalue weighted by molar-refractivity contribution is -0.136. The molecule has 0 saturated carbocycles. The monoisotopic (exact) mass is 664 g/mol. The number of anilines is 1. The van der Waals surface area contributed by atoms with Crippen LogP contribution in [0.1, 0.15) is 50.6 Å². The van der Waals surface area contributed by atoms with Crippen molar-refractivity contribution in [2.75, 3.05) is 46.3 Å². The smallest absolute Gasteiger partial charge is 0.262 e. The number of hydrogen-bond donors (Lipinski definition) is 1. The number of amides is 4. The van der Waals surface area contributed by atoms with Crippen LogP contribution in [-0.2, 0) is 23.2 Å². The average molecular weight is 665 g/mol. The number of methoxy groups -OCH3 is 2. The minimum absolute atomic E-state index is 0.0742. The molecule has 2 aromatic heterocycles. The molecule has 0 aliphatic carbocycles. The molecular formula is C36H36N6O7. The predicted octanol–water partition coefficient (Wildman–Crippen LogP) is 2.68. The number of pyridine rings is 2. The molecule has 2 saturated heterocycles. The predicted molar refractivity (Wildman–Crippen MR) is 181 cm³/mol. The van der Waals surface area contributed by atoms with Gasteiger partial charge in [-0.15, -0.1) is 0 Å². The molecule has 5 heterocycles. The molecule has 7 rings (SSSR count). The van der Waals surface area contributed by atoms with Gasteiger partial charge in [0.1, 0.15) is 23.4 Å². The molecule has 0 spiro atoms. The fraction of sp³-hybridized carbons (Fsp3) is 0.333. The fourth-order valence-corrected chi connectivity index (χ4v) is 7.00. The third-order valence-corrected chi connectivity index (χ3v) is 9.70. The topological polar surface area (TPSA) is 143 Å². The Morgan fingerprint density at radius 2 is 1.59 bits per heavy atom. The SMILES string of the molecule is COc1cc(-c2cn(C)c(=O)c3cnc(N(C)C)cc23)cc(OC)c1CN1CC(c2ccc3c(c2)C(=O)N(C2CCC(=O)NC2=O)C3=O)C1. The number of ether oxygens (including phenoxy) is 2. The van der Waals surface area contributed by atoms with Gasteiger partial charge in [0.2, 0.25) is 11.8 Å². The van der Waals surface area contributed by atoms with Gasteiger partial charge < -0.3 is 18.9 Å². The van der Waals surface area contributed by atoms with Crippen molar-refractivity contribution in [1.82, 2.24) is 24.7 Å². The number of nitrogens with one attached hydrogen (secondary N) is 1. The Morgan fingerprint density at radius 3 is 2.24 bits per heavy atom. The molecule has 0 radical (unpaired) electrons. The van der Waals surface area contributed by atoms with E-state index in [0.717, 1.165) is 38.4 Å². The quantitative estimate of drug-likeness (QED) is 0.279. The van der Waals surface area contributed by atoms with Crippen LogP contribution in [0.25, 0.3) is 21.9 Å². The second-order valence-corrected chi connectivity index (χ2v) is 12.9. The summed E-state index contributed by atoms with van der Waals surface area (Å²) in [6.07, 6.45) is 3.62. The number of fused-ring (bicyclic) bond motifs is 2. The Morgan fingerprint density at radius 1 is 0.898 bits per heavy atom. The molecule has 1 atom stereocenters. The van der Waals surface area contributed by atoms with Gasteiger partial charge in [-0.1, -0.05) is 6.07 Å². The summed E-state index contributed by atoms with van der Waals surface area (Å²) in [4.78, 5) is 73.0. The van der Waals surface area contributed by atoms with Gasteiger partial charge in [0.15, 0.2) is 0 Å². The maximum atomic E-state index is 13.3. The Bertz CT molecular complexity index is 2110. The van der Waals surface area contributed by atoms with Gasteiger partial charge in [-0.25, -0.2) is 4.98 Å². The van der Waals surface area contributed by atoms with E-state index < -0.39 is 29.7 Å². The lowest BCUT2D eigenvalue weighted by Crippen LogP contribution is -2.54. The fourth-order valence-electron chi connectivity index (χ4n) is 7.00. The van der Waals surface area contributed by atoms with Crippen LogP contribution in [-0.4, -0.2) is 90.4 Å². The summed E-state index contributed by atoms with van der Waals surface area (Å²) in [7, 11) is 8.76. The Labute approximate surface area is 282 Å². The van der Waals surface area contributed by atoms with E-state index in [4.69, 9.17) is 9.47 Å². The van der Waals surface area contributed by atoms with Crippen molar-refractivity contribution in [1.29, 1.82) is 0 Å². The number of carbonyl (C=O) groups is 4. The van der Waals surface area contributed by atoms with Crippen LogP contribution in [0.5, 0.6) is 11.5 Å². The van der Waals surface area contributed by atoms with Crippen LogP contribution >= 0.6 is 0 Å². The van der Waals surface area contributed by atoms with Crippen molar-refractivity contribution in [3.05, 3.63) is 81.4 Å². The van der Waals surface area contributed by atoms with Gasteiger partial charge in [0, 0.05) is 76.5 Å². The summed E-state index contributed by atoms with van der Waals surface area (Å²) in [6, 6.07) is 10.1. The first-order chi connectivity index (χ1) is 23.5. The van der Waals surface area contributed by atoms with E-state index in [1.807, 2.05) is 49.5 Å². The first-order valence-electron chi connectivity index (χ1n) is 16.0. The minimum atomic E-state index is -0.996. The number of benzene rings is 2. The zero-order chi connectivity index (χ0) is 34.7. The molecule has 2 aromatic carbocycles. The van der Waals surface area contributed by atoms with Crippen LogP contribution in [0.3, 0.4) is 0 Å². The Hall–Kier alpha value is -5.56. The standard InChI is InChI=1S/C36H36N6O7/c1-39(2)31-13-23-25(14-37-31)34(45)40(3)17-26(23)20-11-29(48-4)27(30(12-20)49-5)18-41-15-21(16-41)19-6-7-22-24(10-19)36(47)42(35(22)46)28-8-9-32(43)38-33(28)44/h6-7,10-14,17,21,28H,8-9,15-16,18H2,1-5H3,(H,38,43,44). The van der Waals surface area contributed by atoms with Crippen LogP contribution < -0.4 is 25.2 Å². The molecular weight excluding hydrogens is 628 g/mol. The van der Waals surface area contributed by atoms with Crippen LogP contribution in [0.4, 0.5) is 5.82 Å². The number of imide groups is 2. The summed E-state index contributed by atoms with van der Waals surface area (Å²) >= 11 is 0. The number of aromatic nitrogens is 2. The van der Waals surface area contributed by atoms with Crippen LogP contribution in [0.2, 0.25) is 0 Å². The zero-order valence-corrected chi connectivity index (χ0v) is 27.9. The third kappa shape index (κ3) is 5.39. The first kappa shape index (κ1) is 32.0. The second kappa shape index (κ2) is 12.2. The molecule has 3 aliphatic rings. The number of aryl methyl sites for hydroxylation is 1. The highest BCUT2D eigenvalue weighted by Crippen LogP contribution is 2.40. The molecule has 13 nitrogen and oxygen atoms in total. The average Bonchev–Trinajstić information content (AvgIpc) is 3.31. The largest absolute Gasteiger partial charge is 0.496 e. The van der Waals surface area contributed by atoms with E-state index in [2.05, 4.69) is 15.2 Å². The summed E-state index contributed by atoms with van der Waals surface area (Å²) < 4.78 is 13.3. The lowest BCUT2D eigenvalue weighted by Gasteiger charge is -2.40. The molecule has 13 heteroatoms. The van der Waals surface area contributed by atoms with Crippen LogP contribution in [0, 0.1) is 0 Å². The summed E-state index contributed by atoms with van der Waals surface area (Å²) in [5, 5.41) is 3.52. The van der Waals surface area contributed by atoms with Crippen molar-refractivity contribution in [2.24, 2.45) is 7.05 Å². The summed E-state index contributed by atoms with van der Waals surface area (Å²) in [5.41, 5.74) is 3.91. The molecule has 2 fully saturated rings. The second-order valence-electron chi connectivity index (χ2n) is 12.9. The van der Waals surface area contributed by atoms with Gasteiger partial charge in [-0.3, -0.25) is 39.1 Å². The molecule has 252 valence electrons. The van der Waals surface area contributed by atoms with Gasteiger partial charge in [0.25, 0.3) is 17.4 Å². The molecule has 0 bridgehead atoms. The highest BCUT2D eigenvalue weighted by Gasteiger charge is 2.45. The summed E-state index contributed by atoms with van der Waals surface area (Å²) in [6.45, 7) is 1.96. The highest BCUT2D eigenvalue weighted by molar-refractivity contribution is 6.23. The van der Waals surface area contributed by atoms with Crippen molar-refractivity contribution < 1.29 is 28.7 Å². The van der Waals surface area contributed by atoms with Crippen molar-refractivity contribution in [3.8, 4) is 22.6 Å². The van der Waals surface area contributed by atoms with E-state index in [-0.39, 0.29) is 35.4 Å². The van der Waals surface area contributed by atoms with Crippen molar-refractivity contribution in [2.45, 2.75) is 31.3 Å². The number of carbonyl (C=O) groups excluding carboxylic acids is 4. The van der Waals surface area contributed by atoms with Gasteiger partial charge in [-0.2, -0.15) is 0 Å². The van der Waals surface area contributed by atoms with Gasteiger partial charge in [-0.05, 0) is 47.9 Å². The molecule has 1 unspecified atom stereocenters. The number of hydrogen-bond acceptors (Lipinski definition) is 10. The molecule has 1 N–H and O–H groups in total. The molecule has 3 aliphatic heterocycles. The maximum absolute atomic E-state index is 13.3. The lowest BCUT2D eigenvalue weighted by atomic mass is 9.89. The number of nitrogens with zero attached hydrogens (tertiary/aromatic N) is 5.